The number of carbonyl (C=O) groups excluding carboxylic acids is 1. The molecule has 0 bridgehead atoms. The van der Waals surface area contributed by atoms with E-state index in [-0.39, 0.29) is 35.9 Å². The van der Waals surface area contributed by atoms with Crippen molar-refractivity contribution in [1.82, 2.24) is 20.8 Å². The predicted octanol–water partition coefficient (Wildman–Crippen LogP) is 3.19. The number of hydrogen-bond acceptors (Lipinski definition) is 7. The molecule has 3 N–H and O–H groups in total. The largest absolute Gasteiger partial charge is 0.496 e. The molecule has 1 saturated carbocycles. The summed E-state index contributed by atoms with van der Waals surface area (Å²) in [6, 6.07) is 13.1. The molecule has 2 fully saturated rings. The first kappa shape index (κ1) is 24.1. The molecular formula is C25H26FN5O4S. The summed E-state index contributed by atoms with van der Waals surface area (Å²) >= 11 is 0. The molecule has 0 radical (unpaired) electrons. The zero-order chi connectivity index (χ0) is 25.3. The molecule has 2 heterocycles. The number of nitrogens with zero attached hydrogens (tertiary/aromatic N) is 2. The fourth-order valence-corrected chi connectivity index (χ4v) is 6.69. The Labute approximate surface area is 208 Å². The van der Waals surface area contributed by atoms with Crippen LogP contribution in [0.1, 0.15) is 30.9 Å². The molecule has 1 saturated heterocycles. The number of methoxy groups -OCH3 is 1. The summed E-state index contributed by atoms with van der Waals surface area (Å²) < 4.78 is 48.1. The van der Waals surface area contributed by atoms with Crippen molar-refractivity contribution >= 4 is 21.7 Å². The fraction of sp³-hybridized carbons (Fsp3) is 0.320. The minimum absolute atomic E-state index is 0.152. The molecule has 1 aliphatic carbocycles. The third-order valence-corrected chi connectivity index (χ3v) is 8.76. The third-order valence-electron chi connectivity index (χ3n) is 6.96. The Morgan fingerprint density at radius 3 is 2.69 bits per heavy atom. The van der Waals surface area contributed by atoms with E-state index >= 15 is 0 Å². The van der Waals surface area contributed by atoms with Gasteiger partial charge in [0.05, 0.1) is 18.4 Å². The van der Waals surface area contributed by atoms with Gasteiger partial charge >= 0.3 is 0 Å². The molecular weight excluding hydrogens is 485 g/mol. The van der Waals surface area contributed by atoms with E-state index in [1.54, 1.807) is 13.2 Å². The number of amides is 1. The van der Waals surface area contributed by atoms with E-state index in [2.05, 4.69) is 25.5 Å². The lowest BCUT2D eigenvalue weighted by molar-refractivity contribution is -0.133. The number of hydrazine groups is 1. The van der Waals surface area contributed by atoms with Crippen LogP contribution < -0.4 is 20.3 Å². The molecule has 0 spiro atoms. The van der Waals surface area contributed by atoms with Gasteiger partial charge in [-0.2, -0.15) is 0 Å². The van der Waals surface area contributed by atoms with Gasteiger partial charge in [0, 0.05) is 17.7 Å². The second-order valence-electron chi connectivity index (χ2n) is 9.03. The van der Waals surface area contributed by atoms with Gasteiger partial charge in [-0.15, -0.1) is 0 Å². The summed E-state index contributed by atoms with van der Waals surface area (Å²) in [4.78, 5) is 20.6. The molecule has 36 heavy (non-hydrogen) atoms. The maximum absolute atomic E-state index is 13.8. The number of hydrogen-bond donors (Lipinski definition) is 3. The van der Waals surface area contributed by atoms with Gasteiger partial charge in [-0.3, -0.25) is 14.9 Å². The number of rotatable bonds is 6. The lowest BCUT2D eigenvalue weighted by Crippen LogP contribution is -2.57. The lowest BCUT2D eigenvalue weighted by Gasteiger charge is -2.43. The SMILES string of the molecule is COc1ccc(-c2cccc(F)c2)cc1C1NNC(=O)C2CC(S(=O)(=O)Nc3ccncn3)CCC21. The van der Waals surface area contributed by atoms with E-state index in [1.165, 1.54) is 30.7 Å². The quantitative estimate of drug-likeness (QED) is 0.465. The van der Waals surface area contributed by atoms with Crippen LogP contribution in [0.5, 0.6) is 5.75 Å². The van der Waals surface area contributed by atoms with Gasteiger partial charge in [0.1, 0.15) is 23.7 Å². The van der Waals surface area contributed by atoms with Crippen molar-refractivity contribution < 1.29 is 22.3 Å². The third kappa shape index (κ3) is 4.76. The molecule has 9 nitrogen and oxygen atoms in total. The van der Waals surface area contributed by atoms with Crippen LogP contribution in [-0.4, -0.2) is 36.7 Å². The summed E-state index contributed by atoms with van der Waals surface area (Å²) in [5, 5.41) is -0.737. The van der Waals surface area contributed by atoms with E-state index in [4.69, 9.17) is 4.74 Å². The van der Waals surface area contributed by atoms with Gasteiger partial charge in [0.15, 0.2) is 0 Å². The summed E-state index contributed by atoms with van der Waals surface area (Å²) in [5.41, 5.74) is 8.19. The molecule has 5 rings (SSSR count). The number of halogens is 1. The fourth-order valence-electron chi connectivity index (χ4n) is 5.20. The highest BCUT2D eigenvalue weighted by molar-refractivity contribution is 7.93. The lowest BCUT2D eigenvalue weighted by atomic mass is 9.71. The number of anilines is 1. The first-order valence-electron chi connectivity index (χ1n) is 11.6. The number of aromatic nitrogens is 2. The molecule has 1 aliphatic heterocycles. The Morgan fingerprint density at radius 2 is 1.94 bits per heavy atom. The van der Waals surface area contributed by atoms with Gasteiger partial charge in [-0.1, -0.05) is 18.2 Å². The summed E-state index contributed by atoms with van der Waals surface area (Å²) in [6.07, 6.45) is 3.81. The van der Waals surface area contributed by atoms with Gasteiger partial charge in [0.2, 0.25) is 15.9 Å². The Kier molecular flexibility index (Phi) is 6.59. The van der Waals surface area contributed by atoms with E-state index in [0.29, 0.717) is 18.6 Å². The van der Waals surface area contributed by atoms with Crippen molar-refractivity contribution in [3.05, 3.63) is 72.4 Å². The molecule has 2 aliphatic rings. The summed E-state index contributed by atoms with van der Waals surface area (Å²) in [5.74, 6) is -0.414. The molecule has 4 atom stereocenters. The van der Waals surface area contributed by atoms with Crippen LogP contribution in [0.2, 0.25) is 0 Å². The molecule has 1 aromatic heterocycles. The Bertz CT molecular complexity index is 1370. The van der Waals surface area contributed by atoms with Crippen LogP contribution in [0.3, 0.4) is 0 Å². The normalized spacial score (nSPS) is 23.9. The molecule has 3 aromatic rings. The van der Waals surface area contributed by atoms with Crippen molar-refractivity contribution in [2.45, 2.75) is 30.6 Å². The average molecular weight is 512 g/mol. The van der Waals surface area contributed by atoms with Gasteiger partial charge in [-0.25, -0.2) is 28.2 Å². The highest BCUT2D eigenvalue weighted by atomic mass is 32.2. The van der Waals surface area contributed by atoms with Crippen LogP contribution >= 0.6 is 0 Å². The Hall–Kier alpha value is -3.57. The van der Waals surface area contributed by atoms with Gasteiger partial charge in [-0.05, 0) is 66.6 Å². The van der Waals surface area contributed by atoms with Gasteiger partial charge < -0.3 is 4.74 Å². The smallest absolute Gasteiger partial charge is 0.237 e. The van der Waals surface area contributed by atoms with Crippen molar-refractivity contribution in [1.29, 1.82) is 0 Å². The number of ether oxygens (including phenoxy) is 1. The standard InChI is InChI=1S/C25H26FN5O4S/c1-35-22-8-5-16(15-3-2-4-17(26)11-15)12-21(22)24-19-7-6-18(13-20(19)25(32)30-29-24)36(33,34)31-23-9-10-27-14-28-23/h2-5,8-12,14,18-20,24,29H,6-7,13H2,1H3,(H,30,32)(H,27,28,31). The number of benzene rings is 2. The monoisotopic (exact) mass is 511 g/mol. The molecule has 4 unspecified atom stereocenters. The van der Waals surface area contributed by atoms with Crippen LogP contribution in [0.25, 0.3) is 11.1 Å². The predicted molar refractivity (Wildman–Crippen MR) is 132 cm³/mol. The molecule has 11 heteroatoms. The zero-order valence-electron chi connectivity index (χ0n) is 19.5. The maximum Gasteiger partial charge on any atom is 0.237 e. The first-order chi connectivity index (χ1) is 17.4. The summed E-state index contributed by atoms with van der Waals surface area (Å²) in [6.45, 7) is 0. The Balaban J connectivity index is 1.42. The van der Waals surface area contributed by atoms with E-state index in [0.717, 1.165) is 16.7 Å². The zero-order valence-corrected chi connectivity index (χ0v) is 20.3. The second kappa shape index (κ2) is 9.82. The molecule has 1 amide bonds. The number of fused-ring (bicyclic) bond motifs is 1. The van der Waals surface area contributed by atoms with Crippen molar-refractivity contribution in [3.63, 3.8) is 0 Å². The Morgan fingerprint density at radius 1 is 1.11 bits per heavy atom. The number of nitrogens with one attached hydrogen (secondary N) is 3. The second-order valence-corrected chi connectivity index (χ2v) is 11.0. The van der Waals surface area contributed by atoms with Crippen LogP contribution in [0.15, 0.2) is 61.1 Å². The molecule has 2 aromatic carbocycles. The van der Waals surface area contributed by atoms with E-state index in [9.17, 15) is 17.6 Å². The topological polar surface area (TPSA) is 122 Å². The number of sulfonamides is 1. The van der Waals surface area contributed by atoms with E-state index in [1.807, 2.05) is 24.3 Å². The highest BCUT2D eigenvalue weighted by Crippen LogP contribution is 2.45. The van der Waals surface area contributed by atoms with Crippen molar-refractivity contribution in [2.24, 2.45) is 11.8 Å². The molecule has 188 valence electrons. The van der Waals surface area contributed by atoms with Crippen LogP contribution in [0, 0.1) is 17.7 Å². The van der Waals surface area contributed by atoms with Crippen molar-refractivity contribution in [3.8, 4) is 16.9 Å². The highest BCUT2D eigenvalue weighted by Gasteiger charge is 2.47. The minimum Gasteiger partial charge on any atom is -0.496 e. The van der Waals surface area contributed by atoms with Crippen LogP contribution in [-0.2, 0) is 14.8 Å². The average Bonchev–Trinajstić information content (AvgIpc) is 2.89. The van der Waals surface area contributed by atoms with E-state index < -0.39 is 21.2 Å². The first-order valence-corrected chi connectivity index (χ1v) is 13.2. The van der Waals surface area contributed by atoms with Crippen molar-refractivity contribution in [2.75, 3.05) is 11.8 Å². The maximum atomic E-state index is 13.8. The minimum atomic E-state index is -3.75. The van der Waals surface area contributed by atoms with Crippen LogP contribution in [0.4, 0.5) is 10.2 Å². The summed E-state index contributed by atoms with van der Waals surface area (Å²) in [7, 11) is -2.18. The van der Waals surface area contributed by atoms with Gasteiger partial charge in [0.25, 0.3) is 0 Å². The number of carbonyl (C=O) groups is 1.